The lowest BCUT2D eigenvalue weighted by molar-refractivity contribution is -0.141. The highest BCUT2D eigenvalue weighted by Gasteiger charge is 2.32. The van der Waals surface area contributed by atoms with Crippen LogP contribution >= 0.6 is 0 Å². The minimum absolute atomic E-state index is 0.117. The van der Waals surface area contributed by atoms with Crippen LogP contribution in [-0.2, 0) is 32.6 Å². The van der Waals surface area contributed by atoms with E-state index in [1.54, 1.807) is 11.0 Å². The SMILES string of the molecule is Cc1cccc(CN(C(=O)CCCN(c2cccc(C)c2)S(C)(=O)=O)[C@H](Cc2ccccc2)C(=O)NC2CCCCC2)c1. The van der Waals surface area contributed by atoms with E-state index in [0.29, 0.717) is 25.1 Å². The minimum Gasteiger partial charge on any atom is -0.352 e. The summed E-state index contributed by atoms with van der Waals surface area (Å²) in [6, 6.07) is 24.6. The summed E-state index contributed by atoms with van der Waals surface area (Å²) in [6.07, 6.45) is 7.31. The minimum atomic E-state index is -3.55. The van der Waals surface area contributed by atoms with E-state index in [1.807, 2.05) is 86.6 Å². The van der Waals surface area contributed by atoms with E-state index in [2.05, 4.69) is 5.32 Å². The molecular formula is C35H45N3O4S. The van der Waals surface area contributed by atoms with Gasteiger partial charge in [0, 0.05) is 32.0 Å². The molecule has 3 aromatic rings. The number of nitrogens with one attached hydrogen (secondary N) is 1. The van der Waals surface area contributed by atoms with Crippen molar-refractivity contribution < 1.29 is 18.0 Å². The van der Waals surface area contributed by atoms with Crippen LogP contribution < -0.4 is 9.62 Å². The van der Waals surface area contributed by atoms with Gasteiger partial charge in [-0.15, -0.1) is 0 Å². The maximum Gasteiger partial charge on any atom is 0.243 e. The smallest absolute Gasteiger partial charge is 0.243 e. The maximum atomic E-state index is 14.1. The van der Waals surface area contributed by atoms with Gasteiger partial charge in [-0.3, -0.25) is 13.9 Å². The Morgan fingerprint density at radius 2 is 1.51 bits per heavy atom. The lowest BCUT2D eigenvalue weighted by Crippen LogP contribution is -2.53. The monoisotopic (exact) mass is 603 g/mol. The van der Waals surface area contributed by atoms with Crippen molar-refractivity contribution in [2.75, 3.05) is 17.1 Å². The molecule has 0 aromatic heterocycles. The second-order valence-electron chi connectivity index (χ2n) is 11.8. The number of carbonyl (C=O) groups excluding carboxylic acids is 2. The number of hydrogen-bond donors (Lipinski definition) is 1. The zero-order valence-corrected chi connectivity index (χ0v) is 26.5. The van der Waals surface area contributed by atoms with Crippen LogP contribution in [0.3, 0.4) is 0 Å². The van der Waals surface area contributed by atoms with E-state index < -0.39 is 16.1 Å². The molecule has 0 saturated heterocycles. The van der Waals surface area contributed by atoms with E-state index in [1.165, 1.54) is 17.0 Å². The lowest BCUT2D eigenvalue weighted by Gasteiger charge is -2.34. The first-order valence-corrected chi connectivity index (χ1v) is 17.2. The van der Waals surface area contributed by atoms with Gasteiger partial charge >= 0.3 is 0 Å². The van der Waals surface area contributed by atoms with Crippen LogP contribution in [0.2, 0.25) is 0 Å². The van der Waals surface area contributed by atoms with Crippen molar-refractivity contribution in [2.45, 2.75) is 83.8 Å². The van der Waals surface area contributed by atoms with E-state index in [9.17, 15) is 18.0 Å². The third-order valence-electron chi connectivity index (χ3n) is 8.10. The highest BCUT2D eigenvalue weighted by atomic mass is 32.2. The van der Waals surface area contributed by atoms with Crippen molar-refractivity contribution in [3.8, 4) is 0 Å². The largest absolute Gasteiger partial charge is 0.352 e. The molecular weight excluding hydrogens is 558 g/mol. The van der Waals surface area contributed by atoms with Gasteiger partial charge in [-0.1, -0.05) is 91.6 Å². The van der Waals surface area contributed by atoms with Gasteiger partial charge in [-0.2, -0.15) is 0 Å². The molecule has 43 heavy (non-hydrogen) atoms. The fourth-order valence-corrected chi connectivity index (χ4v) is 6.85. The van der Waals surface area contributed by atoms with Gasteiger partial charge in [0.05, 0.1) is 11.9 Å². The average molecular weight is 604 g/mol. The number of amides is 2. The highest BCUT2D eigenvalue weighted by Crippen LogP contribution is 2.22. The molecule has 0 radical (unpaired) electrons. The third-order valence-corrected chi connectivity index (χ3v) is 9.29. The Morgan fingerprint density at radius 3 is 2.16 bits per heavy atom. The molecule has 1 saturated carbocycles. The first-order chi connectivity index (χ1) is 20.6. The molecule has 0 bridgehead atoms. The number of sulfonamides is 1. The molecule has 1 aliphatic carbocycles. The maximum absolute atomic E-state index is 14.1. The summed E-state index contributed by atoms with van der Waals surface area (Å²) >= 11 is 0. The van der Waals surface area contributed by atoms with Gasteiger partial charge in [0.15, 0.2) is 0 Å². The fourth-order valence-electron chi connectivity index (χ4n) is 5.89. The number of carbonyl (C=O) groups is 2. The standard InChI is InChI=1S/C35H45N3O4S/c1-27-13-10-17-30(23-27)26-37(34(39)21-12-22-38(43(3,41)42)32-20-11-14-28(2)24-32)33(25-29-15-6-4-7-16-29)35(40)36-31-18-8-5-9-19-31/h4,6-7,10-11,13-17,20,23-24,31,33H,5,8-9,12,18-19,21-22,25-26H2,1-3H3,(H,36,40)/t33-/m1/s1. The molecule has 1 aliphatic rings. The summed E-state index contributed by atoms with van der Waals surface area (Å²) in [5, 5.41) is 3.27. The van der Waals surface area contributed by atoms with Crippen molar-refractivity contribution in [2.24, 2.45) is 0 Å². The topological polar surface area (TPSA) is 86.8 Å². The van der Waals surface area contributed by atoms with Crippen molar-refractivity contribution in [3.63, 3.8) is 0 Å². The molecule has 1 N–H and O–H groups in total. The van der Waals surface area contributed by atoms with Gasteiger partial charge in [-0.25, -0.2) is 8.42 Å². The number of benzene rings is 3. The predicted octanol–water partition coefficient (Wildman–Crippen LogP) is 5.94. The van der Waals surface area contributed by atoms with Gasteiger partial charge in [-0.05, 0) is 61.9 Å². The number of anilines is 1. The van der Waals surface area contributed by atoms with Crippen molar-refractivity contribution in [1.82, 2.24) is 10.2 Å². The summed E-state index contributed by atoms with van der Waals surface area (Å²) in [4.78, 5) is 29.7. The summed E-state index contributed by atoms with van der Waals surface area (Å²) in [6.45, 7) is 4.40. The zero-order valence-electron chi connectivity index (χ0n) is 25.7. The molecule has 0 spiro atoms. The predicted molar refractivity (Wildman–Crippen MR) is 173 cm³/mol. The Hall–Kier alpha value is -3.65. The summed E-state index contributed by atoms with van der Waals surface area (Å²) in [7, 11) is -3.55. The molecule has 1 atom stereocenters. The van der Waals surface area contributed by atoms with Crippen LogP contribution in [0.5, 0.6) is 0 Å². The van der Waals surface area contributed by atoms with E-state index >= 15 is 0 Å². The second kappa shape index (κ2) is 15.2. The number of hydrogen-bond acceptors (Lipinski definition) is 4. The van der Waals surface area contributed by atoms with Crippen LogP contribution in [0.15, 0.2) is 78.9 Å². The first-order valence-electron chi connectivity index (χ1n) is 15.3. The Morgan fingerprint density at radius 1 is 0.860 bits per heavy atom. The van der Waals surface area contributed by atoms with Crippen molar-refractivity contribution in [3.05, 3.63) is 101 Å². The Bertz CT molecular complexity index is 1470. The normalized spacial score (nSPS) is 14.6. The van der Waals surface area contributed by atoms with Crippen LogP contribution in [0.25, 0.3) is 0 Å². The van der Waals surface area contributed by atoms with Crippen LogP contribution in [0.4, 0.5) is 5.69 Å². The van der Waals surface area contributed by atoms with Gasteiger partial charge in [0.2, 0.25) is 21.8 Å². The molecule has 1 fully saturated rings. The number of rotatable bonds is 13. The average Bonchev–Trinajstić information content (AvgIpc) is 2.97. The molecule has 0 heterocycles. The number of nitrogens with zero attached hydrogens (tertiary/aromatic N) is 2. The molecule has 0 aliphatic heterocycles. The first kappa shape index (κ1) is 32.3. The second-order valence-corrected chi connectivity index (χ2v) is 13.7. The van der Waals surface area contributed by atoms with Gasteiger partial charge in [0.1, 0.15) is 6.04 Å². The Labute approximate surface area is 257 Å². The van der Waals surface area contributed by atoms with Crippen molar-refractivity contribution >= 4 is 27.5 Å². The van der Waals surface area contributed by atoms with E-state index in [-0.39, 0.29) is 30.8 Å². The fraction of sp³-hybridized carbons (Fsp3) is 0.429. The van der Waals surface area contributed by atoms with Gasteiger partial charge < -0.3 is 10.2 Å². The van der Waals surface area contributed by atoms with E-state index in [0.717, 1.165) is 47.9 Å². The molecule has 2 amide bonds. The molecule has 0 unspecified atom stereocenters. The Balaban J connectivity index is 1.59. The molecule has 7 nitrogen and oxygen atoms in total. The lowest BCUT2D eigenvalue weighted by atomic mass is 9.94. The summed E-state index contributed by atoms with van der Waals surface area (Å²) in [5.74, 6) is -0.298. The van der Waals surface area contributed by atoms with Crippen LogP contribution in [0, 0.1) is 13.8 Å². The molecule has 8 heteroatoms. The Kier molecular flexibility index (Phi) is 11.4. The molecule has 3 aromatic carbocycles. The zero-order chi connectivity index (χ0) is 30.8. The molecule has 230 valence electrons. The highest BCUT2D eigenvalue weighted by molar-refractivity contribution is 7.92. The van der Waals surface area contributed by atoms with Crippen molar-refractivity contribution in [1.29, 1.82) is 0 Å². The summed E-state index contributed by atoms with van der Waals surface area (Å²) < 4.78 is 26.7. The third kappa shape index (κ3) is 9.68. The van der Waals surface area contributed by atoms with E-state index in [4.69, 9.17) is 0 Å². The van der Waals surface area contributed by atoms with Gasteiger partial charge in [0.25, 0.3) is 0 Å². The van der Waals surface area contributed by atoms with Crippen LogP contribution in [0.1, 0.15) is 67.2 Å². The molecule has 4 rings (SSSR count). The van der Waals surface area contributed by atoms with Crippen LogP contribution in [-0.4, -0.2) is 50.0 Å². The quantitative estimate of drug-likeness (QED) is 0.262. The number of aryl methyl sites for hydroxylation is 2. The summed E-state index contributed by atoms with van der Waals surface area (Å²) in [5.41, 5.74) is 4.56.